The summed E-state index contributed by atoms with van der Waals surface area (Å²) in [6, 6.07) is 1.89. The molecule has 0 aliphatic carbocycles. The van der Waals surface area contributed by atoms with E-state index in [1.54, 1.807) is 0 Å². The summed E-state index contributed by atoms with van der Waals surface area (Å²) in [4.78, 5) is 11.1. The number of alkyl halides is 3. The fourth-order valence-corrected chi connectivity index (χ4v) is 2.19. The number of benzene rings is 1. The molecule has 1 nitrogen and oxygen atoms in total. The first-order valence-corrected chi connectivity index (χ1v) is 4.91. The maximum atomic E-state index is 12.4. The summed E-state index contributed by atoms with van der Waals surface area (Å²) in [7, 11) is 0. The van der Waals surface area contributed by atoms with E-state index in [2.05, 4.69) is 15.9 Å². The third kappa shape index (κ3) is 2.59. The molecule has 5 heteroatoms. The zero-order chi connectivity index (χ0) is 11.8. The lowest BCUT2D eigenvalue weighted by atomic mass is 10.0. The molecular weight excluding hydrogens is 273 g/mol. The molecule has 82 valence electrons. The van der Waals surface area contributed by atoms with Crippen LogP contribution in [0.15, 0.2) is 16.6 Å². The molecule has 0 bridgehead atoms. The van der Waals surface area contributed by atoms with Gasteiger partial charge in [-0.25, -0.2) is 0 Å². The van der Waals surface area contributed by atoms with Gasteiger partial charge in [0.2, 0.25) is 0 Å². The number of halogens is 4. The van der Waals surface area contributed by atoms with Gasteiger partial charge in [-0.15, -0.1) is 0 Å². The van der Waals surface area contributed by atoms with Crippen molar-refractivity contribution in [1.29, 1.82) is 0 Å². The smallest absolute Gasteiger partial charge is 0.294 e. The number of hydrogen-bond donors (Lipinski definition) is 0. The van der Waals surface area contributed by atoms with Crippen molar-refractivity contribution in [3.8, 4) is 0 Å². The van der Waals surface area contributed by atoms with Crippen LogP contribution < -0.4 is 0 Å². The molecule has 0 spiro atoms. The zero-order valence-corrected chi connectivity index (χ0v) is 9.66. The average molecular weight is 281 g/mol. The number of carbonyl (C=O) groups is 1. The van der Waals surface area contributed by atoms with Gasteiger partial charge in [0, 0.05) is 10.0 Å². The van der Waals surface area contributed by atoms with Gasteiger partial charge in [0.15, 0.2) is 5.78 Å². The molecule has 0 aromatic heterocycles. The number of hydrogen-bond acceptors (Lipinski definition) is 1. The van der Waals surface area contributed by atoms with Crippen molar-refractivity contribution >= 4 is 21.7 Å². The van der Waals surface area contributed by atoms with Crippen LogP contribution in [0, 0.1) is 6.92 Å². The van der Waals surface area contributed by atoms with Crippen LogP contribution in [0.3, 0.4) is 0 Å². The van der Waals surface area contributed by atoms with Crippen LogP contribution in [-0.4, -0.2) is 5.78 Å². The third-order valence-corrected chi connectivity index (χ3v) is 2.59. The molecule has 0 heterocycles. The van der Waals surface area contributed by atoms with E-state index in [0.29, 0.717) is 11.1 Å². The van der Waals surface area contributed by atoms with Gasteiger partial charge < -0.3 is 0 Å². The van der Waals surface area contributed by atoms with Gasteiger partial charge >= 0.3 is 6.18 Å². The van der Waals surface area contributed by atoms with Gasteiger partial charge in [-0.2, -0.15) is 13.2 Å². The molecule has 0 atom stereocenters. The summed E-state index contributed by atoms with van der Waals surface area (Å²) in [6.07, 6.45) is -4.39. The van der Waals surface area contributed by atoms with Crippen molar-refractivity contribution in [2.24, 2.45) is 0 Å². The maximum Gasteiger partial charge on any atom is 0.416 e. The second-order valence-electron chi connectivity index (χ2n) is 3.20. The molecule has 0 radical (unpaired) electrons. The van der Waals surface area contributed by atoms with Crippen molar-refractivity contribution in [1.82, 2.24) is 0 Å². The van der Waals surface area contributed by atoms with Crippen molar-refractivity contribution in [2.75, 3.05) is 0 Å². The highest BCUT2D eigenvalue weighted by atomic mass is 79.9. The molecule has 1 aromatic rings. The Morgan fingerprint density at radius 1 is 1.33 bits per heavy atom. The summed E-state index contributed by atoms with van der Waals surface area (Å²) in [5, 5.41) is 0. The summed E-state index contributed by atoms with van der Waals surface area (Å²) in [5.41, 5.74) is -0.135. The number of rotatable bonds is 1. The number of carbonyl (C=O) groups excluding carboxylic acids is 1. The van der Waals surface area contributed by atoms with Crippen LogP contribution in [0.4, 0.5) is 13.2 Å². The standard InChI is InChI=1S/C10H8BrF3O/c1-5-3-7(10(12,13)14)4-8(11)9(5)6(2)15/h3-4H,1-2H3. The molecule has 1 aromatic carbocycles. The topological polar surface area (TPSA) is 17.1 Å². The van der Waals surface area contributed by atoms with E-state index in [9.17, 15) is 18.0 Å². The first-order valence-electron chi connectivity index (χ1n) is 4.11. The number of ketones is 1. The first kappa shape index (κ1) is 12.2. The van der Waals surface area contributed by atoms with E-state index < -0.39 is 11.7 Å². The van der Waals surface area contributed by atoms with Crippen molar-refractivity contribution in [3.63, 3.8) is 0 Å². The highest BCUT2D eigenvalue weighted by Gasteiger charge is 2.31. The molecule has 15 heavy (non-hydrogen) atoms. The molecule has 0 N–H and O–H groups in total. The quantitative estimate of drug-likeness (QED) is 0.711. The second kappa shape index (κ2) is 3.96. The second-order valence-corrected chi connectivity index (χ2v) is 4.06. The Morgan fingerprint density at radius 2 is 1.87 bits per heavy atom. The lowest BCUT2D eigenvalue weighted by molar-refractivity contribution is -0.137. The minimum Gasteiger partial charge on any atom is -0.294 e. The van der Waals surface area contributed by atoms with Crippen molar-refractivity contribution in [2.45, 2.75) is 20.0 Å². The van der Waals surface area contributed by atoms with E-state index in [0.717, 1.165) is 12.1 Å². The Hall–Kier alpha value is -0.840. The maximum absolute atomic E-state index is 12.4. The Kier molecular flexibility index (Phi) is 3.23. The predicted octanol–water partition coefficient (Wildman–Crippen LogP) is 3.98. The van der Waals surface area contributed by atoms with Gasteiger partial charge in [-0.05, 0) is 31.5 Å². The number of Topliss-reactive ketones (excluding diaryl/α,β-unsaturated/α-hetero) is 1. The first-order chi connectivity index (χ1) is 6.73. The molecular formula is C10H8BrF3O. The Balaban J connectivity index is 3.39. The minimum absolute atomic E-state index is 0.183. The molecule has 0 aliphatic rings. The van der Waals surface area contributed by atoms with E-state index in [1.807, 2.05) is 0 Å². The van der Waals surface area contributed by atoms with E-state index >= 15 is 0 Å². The van der Waals surface area contributed by atoms with Crippen LogP contribution >= 0.6 is 15.9 Å². The Labute approximate surface area is 93.4 Å². The highest BCUT2D eigenvalue weighted by molar-refractivity contribution is 9.10. The molecule has 0 aliphatic heterocycles. The summed E-state index contributed by atoms with van der Waals surface area (Å²) < 4.78 is 37.3. The van der Waals surface area contributed by atoms with E-state index in [-0.39, 0.29) is 10.3 Å². The van der Waals surface area contributed by atoms with E-state index in [1.165, 1.54) is 13.8 Å². The van der Waals surface area contributed by atoms with Crippen LogP contribution in [0.25, 0.3) is 0 Å². The summed E-state index contributed by atoms with van der Waals surface area (Å²) in [5.74, 6) is -0.256. The SMILES string of the molecule is CC(=O)c1c(C)cc(C(F)(F)F)cc1Br. The van der Waals surface area contributed by atoms with Crippen LogP contribution in [-0.2, 0) is 6.18 Å². The lowest BCUT2D eigenvalue weighted by Crippen LogP contribution is -2.08. The Bertz CT molecular complexity index is 387. The molecule has 0 saturated heterocycles. The Morgan fingerprint density at radius 3 is 2.20 bits per heavy atom. The highest BCUT2D eigenvalue weighted by Crippen LogP contribution is 2.34. The van der Waals surface area contributed by atoms with Crippen LogP contribution in [0.5, 0.6) is 0 Å². The molecule has 0 saturated carbocycles. The zero-order valence-electron chi connectivity index (χ0n) is 8.07. The largest absolute Gasteiger partial charge is 0.416 e. The molecule has 0 fully saturated rings. The monoisotopic (exact) mass is 280 g/mol. The molecule has 0 amide bonds. The summed E-state index contributed by atoms with van der Waals surface area (Å²) >= 11 is 2.97. The summed E-state index contributed by atoms with van der Waals surface area (Å²) in [6.45, 7) is 2.80. The van der Waals surface area contributed by atoms with Crippen molar-refractivity contribution < 1.29 is 18.0 Å². The van der Waals surface area contributed by atoms with Gasteiger partial charge in [0.1, 0.15) is 0 Å². The third-order valence-electron chi connectivity index (χ3n) is 1.97. The van der Waals surface area contributed by atoms with Crippen LogP contribution in [0.1, 0.15) is 28.4 Å². The van der Waals surface area contributed by atoms with Gasteiger partial charge in [0.25, 0.3) is 0 Å². The van der Waals surface area contributed by atoms with Gasteiger partial charge in [-0.3, -0.25) is 4.79 Å². The van der Waals surface area contributed by atoms with Crippen molar-refractivity contribution in [3.05, 3.63) is 33.3 Å². The average Bonchev–Trinajstić information content (AvgIpc) is 1.99. The van der Waals surface area contributed by atoms with E-state index in [4.69, 9.17) is 0 Å². The van der Waals surface area contributed by atoms with Gasteiger partial charge in [0.05, 0.1) is 5.56 Å². The minimum atomic E-state index is -4.39. The number of aryl methyl sites for hydroxylation is 1. The predicted molar refractivity (Wildman–Crippen MR) is 53.9 cm³/mol. The lowest BCUT2D eigenvalue weighted by Gasteiger charge is -2.11. The van der Waals surface area contributed by atoms with Gasteiger partial charge in [-0.1, -0.05) is 15.9 Å². The molecule has 0 unspecified atom stereocenters. The fraction of sp³-hybridized carbons (Fsp3) is 0.300. The normalized spacial score (nSPS) is 11.6. The van der Waals surface area contributed by atoms with Crippen LogP contribution in [0.2, 0.25) is 0 Å². The molecule has 1 rings (SSSR count). The fourth-order valence-electron chi connectivity index (χ4n) is 1.35.